The van der Waals surface area contributed by atoms with E-state index in [9.17, 15) is 24.5 Å². The Morgan fingerprint density at radius 3 is 2.49 bits per heavy atom. The Hall–Kier alpha value is -4.96. The van der Waals surface area contributed by atoms with Gasteiger partial charge in [0, 0.05) is 17.5 Å². The molecule has 1 saturated heterocycles. The van der Waals surface area contributed by atoms with Gasteiger partial charge in [0.15, 0.2) is 0 Å². The van der Waals surface area contributed by atoms with Gasteiger partial charge < -0.3 is 9.47 Å². The second-order valence-electron chi connectivity index (χ2n) is 8.43. The van der Waals surface area contributed by atoms with Crippen molar-refractivity contribution in [3.63, 3.8) is 0 Å². The monoisotopic (exact) mass is 540 g/mol. The van der Waals surface area contributed by atoms with Gasteiger partial charge in [-0.05, 0) is 59.1 Å². The molecule has 5 rings (SSSR count). The minimum atomic E-state index is -0.687. The summed E-state index contributed by atoms with van der Waals surface area (Å²) < 4.78 is 11.3. The van der Waals surface area contributed by atoms with E-state index >= 15 is 0 Å². The molecule has 10 heteroatoms. The topological polar surface area (TPSA) is 116 Å². The van der Waals surface area contributed by atoms with Crippen molar-refractivity contribution in [1.29, 1.82) is 0 Å². The van der Waals surface area contributed by atoms with E-state index in [0.717, 1.165) is 27.4 Å². The first-order chi connectivity index (χ1) is 18.9. The van der Waals surface area contributed by atoms with Crippen LogP contribution in [0.3, 0.4) is 0 Å². The number of hydrogen-bond acceptors (Lipinski definition) is 8. The van der Waals surface area contributed by atoms with Crippen LogP contribution < -0.4 is 9.47 Å². The zero-order valence-electron chi connectivity index (χ0n) is 20.3. The first kappa shape index (κ1) is 25.7. The smallest absolute Gasteiger partial charge is 0.343 e. The number of rotatable bonds is 8. The van der Waals surface area contributed by atoms with Gasteiger partial charge in [0.25, 0.3) is 16.8 Å². The molecular formula is C29H20N2O7S. The minimum Gasteiger partial charge on any atom is -0.491 e. The van der Waals surface area contributed by atoms with Crippen LogP contribution in [0.5, 0.6) is 11.5 Å². The van der Waals surface area contributed by atoms with E-state index < -0.39 is 22.0 Å². The quantitative estimate of drug-likeness (QED) is 0.0868. The number of imide groups is 1. The number of benzene rings is 4. The Labute approximate surface area is 226 Å². The average molecular weight is 541 g/mol. The zero-order chi connectivity index (χ0) is 27.4. The van der Waals surface area contributed by atoms with Crippen LogP contribution in [0.15, 0.2) is 95.9 Å². The third-order valence-corrected chi connectivity index (χ3v) is 6.78. The molecule has 4 aromatic rings. The van der Waals surface area contributed by atoms with E-state index in [2.05, 4.69) is 0 Å². The molecule has 0 spiro atoms. The molecule has 1 aliphatic heterocycles. The van der Waals surface area contributed by atoms with E-state index in [1.165, 1.54) is 24.3 Å². The van der Waals surface area contributed by atoms with Crippen molar-refractivity contribution < 1.29 is 28.8 Å². The van der Waals surface area contributed by atoms with Crippen LogP contribution in [0.2, 0.25) is 0 Å². The molecule has 1 heterocycles. The van der Waals surface area contributed by atoms with Crippen molar-refractivity contribution in [3.05, 3.63) is 117 Å². The van der Waals surface area contributed by atoms with Gasteiger partial charge in [0.2, 0.25) is 0 Å². The van der Waals surface area contributed by atoms with Gasteiger partial charge in [-0.25, -0.2) is 4.79 Å². The van der Waals surface area contributed by atoms with E-state index in [1.807, 2.05) is 42.5 Å². The first-order valence-corrected chi connectivity index (χ1v) is 12.6. The standard InChI is InChI=1S/C29H20N2O7S/c32-27-26(39-29(34)30(27)15-16-37-25-10-4-7-20-6-1-2-9-24(20)25)18-19-5-3-8-23(17-19)38-28(33)21-11-13-22(14-12-21)31(35)36/h1-14,17-18H,15-16H2/b26-18-. The van der Waals surface area contributed by atoms with Crippen LogP contribution in [0, 0.1) is 10.1 Å². The summed E-state index contributed by atoms with van der Waals surface area (Å²) in [6, 6.07) is 25.0. The summed E-state index contributed by atoms with van der Waals surface area (Å²) in [5, 5.41) is 12.4. The highest BCUT2D eigenvalue weighted by atomic mass is 32.2. The average Bonchev–Trinajstić information content (AvgIpc) is 3.20. The fraction of sp³-hybridized carbons (Fsp3) is 0.0690. The van der Waals surface area contributed by atoms with Crippen LogP contribution in [-0.2, 0) is 4.79 Å². The van der Waals surface area contributed by atoms with Crippen LogP contribution in [0.25, 0.3) is 16.8 Å². The second-order valence-corrected chi connectivity index (χ2v) is 9.42. The summed E-state index contributed by atoms with van der Waals surface area (Å²) in [5.74, 6) is -0.223. The van der Waals surface area contributed by atoms with Crippen LogP contribution in [0.1, 0.15) is 15.9 Å². The maximum atomic E-state index is 12.9. The molecule has 0 atom stereocenters. The van der Waals surface area contributed by atoms with Crippen LogP contribution in [-0.4, -0.2) is 40.1 Å². The maximum absolute atomic E-state index is 12.9. The molecule has 4 aromatic carbocycles. The molecular weight excluding hydrogens is 520 g/mol. The number of ether oxygens (including phenoxy) is 2. The van der Waals surface area contributed by atoms with Crippen molar-refractivity contribution in [2.75, 3.05) is 13.2 Å². The summed E-state index contributed by atoms with van der Waals surface area (Å²) in [5.41, 5.74) is 0.571. The molecule has 39 heavy (non-hydrogen) atoms. The van der Waals surface area contributed by atoms with Crippen molar-refractivity contribution >= 4 is 51.4 Å². The number of carbonyl (C=O) groups excluding carboxylic acids is 3. The van der Waals surface area contributed by atoms with Crippen molar-refractivity contribution in [2.24, 2.45) is 0 Å². The fourth-order valence-corrected chi connectivity index (χ4v) is 4.83. The Bertz CT molecular complexity index is 1630. The van der Waals surface area contributed by atoms with Gasteiger partial charge >= 0.3 is 5.97 Å². The molecule has 0 aromatic heterocycles. The van der Waals surface area contributed by atoms with Gasteiger partial charge in [0.05, 0.1) is 21.9 Å². The van der Waals surface area contributed by atoms with Gasteiger partial charge in [-0.1, -0.05) is 48.5 Å². The number of hydrogen-bond donors (Lipinski definition) is 0. The lowest BCUT2D eigenvalue weighted by Gasteiger charge is -2.14. The normalized spacial score (nSPS) is 14.2. The third-order valence-electron chi connectivity index (χ3n) is 5.88. The highest BCUT2D eigenvalue weighted by Gasteiger charge is 2.34. The molecule has 1 aliphatic rings. The molecule has 0 unspecified atom stereocenters. The largest absolute Gasteiger partial charge is 0.491 e. The summed E-state index contributed by atoms with van der Waals surface area (Å²) in [4.78, 5) is 49.5. The van der Waals surface area contributed by atoms with Gasteiger partial charge in [-0.2, -0.15) is 0 Å². The number of nitro groups is 1. The molecule has 194 valence electrons. The molecule has 2 amide bonds. The highest BCUT2D eigenvalue weighted by Crippen LogP contribution is 2.33. The van der Waals surface area contributed by atoms with Crippen molar-refractivity contribution in [1.82, 2.24) is 4.90 Å². The molecule has 0 bridgehead atoms. The lowest BCUT2D eigenvalue weighted by molar-refractivity contribution is -0.384. The predicted octanol–water partition coefficient (Wildman–Crippen LogP) is 6.08. The Morgan fingerprint density at radius 1 is 0.949 bits per heavy atom. The van der Waals surface area contributed by atoms with E-state index in [0.29, 0.717) is 11.3 Å². The maximum Gasteiger partial charge on any atom is 0.343 e. The van der Waals surface area contributed by atoms with Gasteiger partial charge in [0.1, 0.15) is 18.1 Å². The Morgan fingerprint density at radius 2 is 1.69 bits per heavy atom. The van der Waals surface area contributed by atoms with Crippen LogP contribution >= 0.6 is 11.8 Å². The lowest BCUT2D eigenvalue weighted by Crippen LogP contribution is -2.32. The van der Waals surface area contributed by atoms with Crippen molar-refractivity contribution in [2.45, 2.75) is 0 Å². The third kappa shape index (κ3) is 5.81. The molecule has 9 nitrogen and oxygen atoms in total. The Balaban J connectivity index is 1.22. The molecule has 0 radical (unpaired) electrons. The van der Waals surface area contributed by atoms with Crippen LogP contribution in [0.4, 0.5) is 10.5 Å². The SMILES string of the molecule is O=C(Oc1cccc(/C=C2\SC(=O)N(CCOc3cccc4ccccc34)C2=O)c1)c1ccc([N+](=O)[O-])cc1. The molecule has 0 saturated carbocycles. The second kappa shape index (κ2) is 11.2. The fourth-order valence-electron chi connectivity index (χ4n) is 3.97. The Kier molecular flexibility index (Phi) is 7.37. The number of esters is 1. The number of amides is 2. The molecule has 0 N–H and O–H groups in total. The highest BCUT2D eigenvalue weighted by molar-refractivity contribution is 8.18. The number of non-ortho nitro benzene ring substituents is 1. The number of nitrogens with zero attached hydrogens (tertiary/aromatic N) is 2. The summed E-state index contributed by atoms with van der Waals surface area (Å²) in [7, 11) is 0. The summed E-state index contributed by atoms with van der Waals surface area (Å²) >= 11 is 0.826. The minimum absolute atomic E-state index is 0.0954. The van der Waals surface area contributed by atoms with E-state index in [1.54, 1.807) is 30.3 Å². The number of thioether (sulfide) groups is 1. The van der Waals surface area contributed by atoms with E-state index in [4.69, 9.17) is 9.47 Å². The molecule has 1 fully saturated rings. The van der Waals surface area contributed by atoms with Gasteiger partial charge in [-0.15, -0.1) is 0 Å². The summed E-state index contributed by atoms with van der Waals surface area (Å²) in [6.45, 7) is 0.242. The first-order valence-electron chi connectivity index (χ1n) is 11.8. The lowest BCUT2D eigenvalue weighted by atomic mass is 10.1. The number of carbonyl (C=O) groups is 3. The van der Waals surface area contributed by atoms with Crippen molar-refractivity contribution in [3.8, 4) is 11.5 Å². The predicted molar refractivity (Wildman–Crippen MR) is 147 cm³/mol. The van der Waals surface area contributed by atoms with Gasteiger partial charge in [-0.3, -0.25) is 24.6 Å². The number of nitro benzene ring substituents is 1. The zero-order valence-corrected chi connectivity index (χ0v) is 21.1. The van der Waals surface area contributed by atoms with E-state index in [-0.39, 0.29) is 35.1 Å². The molecule has 0 aliphatic carbocycles. The number of fused-ring (bicyclic) bond motifs is 1. The summed E-state index contributed by atoms with van der Waals surface area (Å²) in [6.07, 6.45) is 1.56.